The second-order valence-corrected chi connectivity index (χ2v) is 7.34. The Labute approximate surface area is 120 Å². The molecule has 2 aliphatic rings. The van der Waals surface area contributed by atoms with Gasteiger partial charge in [-0.25, -0.2) is 0 Å². The number of hydrogen-bond donors (Lipinski definition) is 0. The minimum absolute atomic E-state index is 0.0149. The van der Waals surface area contributed by atoms with Gasteiger partial charge in [0.05, 0.1) is 10.9 Å². The molecule has 2 heterocycles. The molecular formula is C14H18BrNOS. The summed E-state index contributed by atoms with van der Waals surface area (Å²) in [6, 6.07) is 2.59. The maximum atomic E-state index is 12.5. The first-order valence-electron chi connectivity index (χ1n) is 6.73. The highest BCUT2D eigenvalue weighted by Gasteiger charge is 2.42. The van der Waals surface area contributed by atoms with Crippen LogP contribution in [0.15, 0.2) is 11.4 Å². The Balaban J connectivity index is 1.89. The Kier molecular flexibility index (Phi) is 3.50. The molecule has 1 fully saturated rings. The fourth-order valence-electron chi connectivity index (χ4n) is 2.87. The van der Waals surface area contributed by atoms with Crippen LogP contribution < -0.4 is 0 Å². The van der Waals surface area contributed by atoms with Gasteiger partial charge in [-0.3, -0.25) is 4.79 Å². The molecule has 18 heavy (non-hydrogen) atoms. The molecule has 4 heteroatoms. The second kappa shape index (κ2) is 4.97. The number of carbonyl (C=O) groups is 1. The molecule has 0 saturated heterocycles. The van der Waals surface area contributed by atoms with Crippen LogP contribution in [0.25, 0.3) is 0 Å². The van der Waals surface area contributed by atoms with Crippen molar-refractivity contribution in [3.63, 3.8) is 0 Å². The molecule has 3 rings (SSSR count). The van der Waals surface area contributed by atoms with Crippen molar-refractivity contribution >= 4 is 33.2 Å². The van der Waals surface area contributed by atoms with Crippen molar-refractivity contribution < 1.29 is 4.79 Å². The Morgan fingerprint density at radius 3 is 3.06 bits per heavy atom. The Morgan fingerprint density at radius 1 is 1.61 bits per heavy atom. The summed E-state index contributed by atoms with van der Waals surface area (Å²) in [5, 5.41) is 2.18. The maximum absolute atomic E-state index is 12.5. The molecular weight excluding hydrogens is 310 g/mol. The molecule has 1 aliphatic carbocycles. The molecule has 1 amide bonds. The van der Waals surface area contributed by atoms with Gasteiger partial charge in [0.25, 0.3) is 0 Å². The minimum atomic E-state index is -0.0149. The average Bonchev–Trinajstić information content (AvgIpc) is 3.12. The summed E-state index contributed by atoms with van der Waals surface area (Å²) in [7, 11) is 0. The van der Waals surface area contributed by atoms with Gasteiger partial charge in [-0.15, -0.1) is 11.3 Å². The third kappa shape index (κ3) is 2.14. The molecule has 1 aromatic heterocycles. The zero-order valence-corrected chi connectivity index (χ0v) is 13.0. The van der Waals surface area contributed by atoms with Crippen molar-refractivity contribution in [2.24, 2.45) is 5.92 Å². The number of hydrogen-bond acceptors (Lipinski definition) is 2. The van der Waals surface area contributed by atoms with E-state index in [1.54, 1.807) is 0 Å². The lowest BCUT2D eigenvalue weighted by atomic mass is 9.95. The summed E-state index contributed by atoms with van der Waals surface area (Å²) >= 11 is 5.37. The molecule has 2 nitrogen and oxygen atoms in total. The molecule has 2 unspecified atom stereocenters. The lowest BCUT2D eigenvalue weighted by Gasteiger charge is -2.37. The number of nitrogens with zero attached hydrogens (tertiary/aromatic N) is 1. The quantitative estimate of drug-likeness (QED) is 0.774. The van der Waals surface area contributed by atoms with Crippen LogP contribution in [-0.4, -0.2) is 22.2 Å². The number of alkyl halides is 1. The van der Waals surface area contributed by atoms with Crippen LogP contribution >= 0.6 is 27.3 Å². The van der Waals surface area contributed by atoms with E-state index in [0.29, 0.717) is 12.0 Å². The number of amides is 1. The molecule has 0 bridgehead atoms. The van der Waals surface area contributed by atoms with Gasteiger partial charge in [0, 0.05) is 11.4 Å². The van der Waals surface area contributed by atoms with Gasteiger partial charge in [-0.1, -0.05) is 22.9 Å². The number of halogens is 1. The highest BCUT2D eigenvalue weighted by Crippen LogP contribution is 2.48. The second-order valence-electron chi connectivity index (χ2n) is 5.24. The van der Waals surface area contributed by atoms with Gasteiger partial charge in [-0.2, -0.15) is 0 Å². The van der Waals surface area contributed by atoms with Crippen LogP contribution in [-0.2, 0) is 11.2 Å². The van der Waals surface area contributed by atoms with E-state index in [1.165, 1.54) is 23.3 Å². The van der Waals surface area contributed by atoms with Gasteiger partial charge in [0.15, 0.2) is 0 Å². The molecule has 2 atom stereocenters. The molecule has 1 saturated carbocycles. The highest BCUT2D eigenvalue weighted by atomic mass is 79.9. The van der Waals surface area contributed by atoms with E-state index >= 15 is 0 Å². The number of rotatable bonds is 3. The van der Waals surface area contributed by atoms with Crippen molar-refractivity contribution in [1.82, 2.24) is 4.90 Å². The van der Waals surface area contributed by atoms with E-state index in [1.807, 2.05) is 11.3 Å². The maximum Gasteiger partial charge on any atom is 0.236 e. The predicted molar refractivity (Wildman–Crippen MR) is 78.2 cm³/mol. The standard InChI is InChI=1S/C14H18BrNOS/c1-2-11(15)14(17)16-7-5-12-10(6-8-18-12)13(16)9-3-4-9/h6,8-9,11,13H,2-5,7H2,1H3. The van der Waals surface area contributed by atoms with Crippen molar-refractivity contribution in [2.75, 3.05) is 6.54 Å². The van der Waals surface area contributed by atoms with E-state index in [9.17, 15) is 4.79 Å². The first-order chi connectivity index (χ1) is 8.72. The lowest BCUT2D eigenvalue weighted by Crippen LogP contribution is -2.43. The monoisotopic (exact) mass is 327 g/mol. The summed E-state index contributed by atoms with van der Waals surface area (Å²) in [5.74, 6) is 0.991. The average molecular weight is 328 g/mol. The van der Waals surface area contributed by atoms with Gasteiger partial charge >= 0.3 is 0 Å². The summed E-state index contributed by atoms with van der Waals surface area (Å²) in [6.07, 6.45) is 4.46. The SMILES string of the molecule is CCC(Br)C(=O)N1CCc2sccc2C1C1CC1. The number of carbonyl (C=O) groups excluding carboxylic acids is 1. The van der Waals surface area contributed by atoms with Gasteiger partial charge in [-0.05, 0) is 48.6 Å². The predicted octanol–water partition coefficient (Wildman–Crippen LogP) is 3.76. The summed E-state index contributed by atoms with van der Waals surface area (Å²) in [6.45, 7) is 2.96. The van der Waals surface area contributed by atoms with Gasteiger partial charge in [0.1, 0.15) is 0 Å². The largest absolute Gasteiger partial charge is 0.334 e. The Bertz CT molecular complexity index is 454. The van der Waals surface area contributed by atoms with Crippen LogP contribution in [0.3, 0.4) is 0 Å². The molecule has 1 aromatic rings. The van der Waals surface area contributed by atoms with E-state index in [4.69, 9.17) is 0 Å². The van der Waals surface area contributed by atoms with E-state index in [2.05, 4.69) is 39.2 Å². The molecule has 0 spiro atoms. The third-order valence-electron chi connectivity index (χ3n) is 3.99. The van der Waals surface area contributed by atoms with Gasteiger partial charge < -0.3 is 4.90 Å². The summed E-state index contributed by atoms with van der Waals surface area (Å²) in [4.78, 5) is 16.1. The van der Waals surface area contributed by atoms with E-state index < -0.39 is 0 Å². The fraction of sp³-hybridized carbons (Fsp3) is 0.643. The first kappa shape index (κ1) is 12.7. The minimum Gasteiger partial charge on any atom is -0.334 e. The Hall–Kier alpha value is -0.350. The zero-order chi connectivity index (χ0) is 12.7. The Morgan fingerprint density at radius 2 is 2.39 bits per heavy atom. The van der Waals surface area contributed by atoms with Crippen LogP contribution in [0.4, 0.5) is 0 Å². The molecule has 0 aromatic carbocycles. The normalized spacial score (nSPS) is 24.8. The first-order valence-corrected chi connectivity index (χ1v) is 8.52. The summed E-state index contributed by atoms with van der Waals surface area (Å²) in [5.41, 5.74) is 1.43. The van der Waals surface area contributed by atoms with E-state index in [0.717, 1.165) is 19.4 Å². The van der Waals surface area contributed by atoms with Crippen molar-refractivity contribution in [2.45, 2.75) is 43.5 Å². The number of thiophene rings is 1. The van der Waals surface area contributed by atoms with Crippen LogP contribution in [0.5, 0.6) is 0 Å². The van der Waals surface area contributed by atoms with Crippen molar-refractivity contribution in [3.8, 4) is 0 Å². The fourth-order valence-corrected chi connectivity index (χ4v) is 4.04. The van der Waals surface area contributed by atoms with Crippen LogP contribution in [0, 0.1) is 5.92 Å². The molecule has 0 N–H and O–H groups in total. The molecule has 0 radical (unpaired) electrons. The third-order valence-corrected chi connectivity index (χ3v) is 6.03. The van der Waals surface area contributed by atoms with Crippen LogP contribution in [0.2, 0.25) is 0 Å². The van der Waals surface area contributed by atoms with Crippen molar-refractivity contribution in [1.29, 1.82) is 0 Å². The topological polar surface area (TPSA) is 20.3 Å². The van der Waals surface area contributed by atoms with Crippen LogP contribution in [0.1, 0.15) is 42.7 Å². The summed E-state index contributed by atoms with van der Waals surface area (Å²) < 4.78 is 0. The van der Waals surface area contributed by atoms with Gasteiger partial charge in [0.2, 0.25) is 5.91 Å². The smallest absolute Gasteiger partial charge is 0.236 e. The molecule has 98 valence electrons. The highest BCUT2D eigenvalue weighted by molar-refractivity contribution is 9.10. The molecule has 1 aliphatic heterocycles. The zero-order valence-electron chi connectivity index (χ0n) is 10.6. The van der Waals surface area contributed by atoms with Crippen molar-refractivity contribution in [3.05, 3.63) is 21.9 Å². The van der Waals surface area contributed by atoms with E-state index in [-0.39, 0.29) is 10.7 Å². The lowest BCUT2D eigenvalue weighted by molar-refractivity contribution is -0.133. The number of fused-ring (bicyclic) bond motifs is 1.